The van der Waals surface area contributed by atoms with Gasteiger partial charge in [-0.1, -0.05) is 253 Å². The summed E-state index contributed by atoms with van der Waals surface area (Å²) < 4.78 is 16.8. The summed E-state index contributed by atoms with van der Waals surface area (Å²) in [6.45, 7) is 13.7. The lowest BCUT2D eigenvalue weighted by molar-refractivity contribution is -0.167. The Bertz CT molecular complexity index is 933. The minimum atomic E-state index is -0.763. The van der Waals surface area contributed by atoms with Gasteiger partial charge in [0.25, 0.3) is 0 Å². The highest BCUT2D eigenvalue weighted by atomic mass is 16.6. The summed E-state index contributed by atoms with van der Waals surface area (Å²) in [5.74, 6) is 1.69. The largest absolute Gasteiger partial charge is 0.462 e. The third kappa shape index (κ3) is 44.5. The second-order valence-corrected chi connectivity index (χ2v) is 19.5. The number of esters is 3. The van der Waals surface area contributed by atoms with E-state index < -0.39 is 6.10 Å². The molecule has 0 aromatic heterocycles. The Hall–Kier alpha value is -1.59. The lowest BCUT2D eigenvalue weighted by Crippen LogP contribution is -2.30. The van der Waals surface area contributed by atoms with Crippen LogP contribution >= 0.6 is 0 Å². The summed E-state index contributed by atoms with van der Waals surface area (Å²) in [5.41, 5.74) is 0. The summed E-state index contributed by atoms with van der Waals surface area (Å²) in [7, 11) is 0. The van der Waals surface area contributed by atoms with Crippen LogP contribution in [-0.4, -0.2) is 37.2 Å². The predicted octanol–water partition coefficient (Wildman–Crippen LogP) is 17.2. The minimum Gasteiger partial charge on any atom is -0.462 e. The van der Waals surface area contributed by atoms with E-state index >= 15 is 0 Å². The van der Waals surface area contributed by atoms with Crippen LogP contribution in [0, 0.1) is 17.8 Å². The van der Waals surface area contributed by atoms with Crippen LogP contribution in [0.25, 0.3) is 0 Å². The van der Waals surface area contributed by atoms with Crippen molar-refractivity contribution in [2.45, 2.75) is 298 Å². The van der Waals surface area contributed by atoms with Crippen LogP contribution in [0.3, 0.4) is 0 Å². The van der Waals surface area contributed by atoms with Crippen molar-refractivity contribution in [3.05, 3.63) is 0 Å². The third-order valence-corrected chi connectivity index (χ3v) is 12.9. The molecule has 0 aromatic carbocycles. The number of hydrogen-bond donors (Lipinski definition) is 0. The normalized spacial score (nSPS) is 13.1. The first-order chi connectivity index (χ1) is 29.2. The zero-order valence-corrected chi connectivity index (χ0v) is 41.3. The molecule has 6 heteroatoms. The summed E-state index contributed by atoms with van der Waals surface area (Å²) in [6.07, 6.45) is 45.1. The zero-order valence-electron chi connectivity index (χ0n) is 41.3. The SMILES string of the molecule is CCC(C)CCCCCCCCCCCCCCCCC(=O)OC[C@@H](COC(=O)CCCCCCCCCCCCC(C)CC)OC(=O)CCCCCCCCCC(C)C. The van der Waals surface area contributed by atoms with Gasteiger partial charge in [-0.15, -0.1) is 0 Å². The van der Waals surface area contributed by atoms with Crippen LogP contribution < -0.4 is 0 Å². The monoisotopic (exact) mass is 849 g/mol. The van der Waals surface area contributed by atoms with Gasteiger partial charge in [0.15, 0.2) is 6.10 Å². The third-order valence-electron chi connectivity index (χ3n) is 12.9. The van der Waals surface area contributed by atoms with Crippen molar-refractivity contribution < 1.29 is 28.6 Å². The van der Waals surface area contributed by atoms with Gasteiger partial charge in [0.2, 0.25) is 0 Å². The Labute approximate surface area is 374 Å². The molecule has 0 radical (unpaired) electrons. The Balaban J connectivity index is 4.26. The molecule has 0 aliphatic heterocycles. The van der Waals surface area contributed by atoms with Gasteiger partial charge in [0.1, 0.15) is 13.2 Å². The van der Waals surface area contributed by atoms with Gasteiger partial charge in [-0.3, -0.25) is 14.4 Å². The van der Waals surface area contributed by atoms with Gasteiger partial charge >= 0.3 is 17.9 Å². The molecule has 0 fully saturated rings. The van der Waals surface area contributed by atoms with Crippen molar-refractivity contribution in [2.24, 2.45) is 17.8 Å². The van der Waals surface area contributed by atoms with E-state index in [-0.39, 0.29) is 31.1 Å². The summed E-state index contributed by atoms with van der Waals surface area (Å²) in [4.78, 5) is 37.9. The Morgan fingerprint density at radius 3 is 0.867 bits per heavy atom. The molecule has 0 spiro atoms. The van der Waals surface area contributed by atoms with Crippen LogP contribution in [0.15, 0.2) is 0 Å². The molecule has 2 unspecified atom stereocenters. The van der Waals surface area contributed by atoms with Crippen molar-refractivity contribution in [1.82, 2.24) is 0 Å². The standard InChI is InChI=1S/C54H104O6/c1-7-49(5)41-35-29-23-17-13-11-9-10-12-14-19-25-31-37-43-52(55)58-46-51(60-54(57)45-39-33-27-21-22-28-34-40-48(3)4)47-59-53(56)44-38-32-26-20-16-15-18-24-30-36-42-50(6)8-2/h48-51H,7-47H2,1-6H3/t49?,50?,51-/m0/s1. The molecule has 6 nitrogen and oxygen atoms in total. The molecule has 0 N–H and O–H groups in total. The topological polar surface area (TPSA) is 78.9 Å². The highest BCUT2D eigenvalue weighted by Crippen LogP contribution is 2.18. The van der Waals surface area contributed by atoms with Gasteiger partial charge in [-0.2, -0.15) is 0 Å². The molecule has 0 amide bonds. The Kier molecular flexibility index (Phi) is 44.2. The molecular weight excluding hydrogens is 745 g/mol. The van der Waals surface area contributed by atoms with Gasteiger partial charge in [0.05, 0.1) is 0 Å². The van der Waals surface area contributed by atoms with E-state index in [4.69, 9.17) is 14.2 Å². The van der Waals surface area contributed by atoms with Crippen LogP contribution in [0.2, 0.25) is 0 Å². The molecule has 0 saturated carbocycles. The molecule has 0 bridgehead atoms. The fourth-order valence-electron chi connectivity index (χ4n) is 8.05. The smallest absolute Gasteiger partial charge is 0.306 e. The average Bonchev–Trinajstić information content (AvgIpc) is 3.23. The van der Waals surface area contributed by atoms with Gasteiger partial charge in [-0.25, -0.2) is 0 Å². The summed E-state index contributed by atoms with van der Waals surface area (Å²) in [5, 5.41) is 0. The van der Waals surface area contributed by atoms with E-state index in [1.165, 1.54) is 173 Å². The number of rotatable bonds is 47. The predicted molar refractivity (Wildman–Crippen MR) is 256 cm³/mol. The molecule has 0 heterocycles. The molecular formula is C54H104O6. The van der Waals surface area contributed by atoms with Crippen molar-refractivity contribution >= 4 is 17.9 Å². The highest BCUT2D eigenvalue weighted by Gasteiger charge is 2.19. The number of ether oxygens (including phenoxy) is 3. The zero-order chi connectivity index (χ0) is 44.2. The summed E-state index contributed by atoms with van der Waals surface area (Å²) >= 11 is 0. The van der Waals surface area contributed by atoms with Crippen molar-refractivity contribution in [2.75, 3.05) is 13.2 Å². The van der Waals surface area contributed by atoms with Gasteiger partial charge < -0.3 is 14.2 Å². The second-order valence-electron chi connectivity index (χ2n) is 19.5. The van der Waals surface area contributed by atoms with E-state index in [1.807, 2.05) is 0 Å². The van der Waals surface area contributed by atoms with Crippen LogP contribution in [-0.2, 0) is 28.6 Å². The minimum absolute atomic E-state index is 0.0652. The maximum atomic E-state index is 12.8. The van der Waals surface area contributed by atoms with Crippen molar-refractivity contribution in [3.63, 3.8) is 0 Å². The number of carbonyl (C=O) groups excluding carboxylic acids is 3. The first kappa shape index (κ1) is 58.4. The first-order valence-electron chi connectivity index (χ1n) is 26.7. The van der Waals surface area contributed by atoms with E-state index in [2.05, 4.69) is 41.5 Å². The number of carbonyl (C=O) groups is 3. The Morgan fingerprint density at radius 1 is 0.333 bits per heavy atom. The average molecular weight is 849 g/mol. The first-order valence-corrected chi connectivity index (χ1v) is 26.7. The molecule has 356 valence electrons. The van der Waals surface area contributed by atoms with Crippen LogP contribution in [0.4, 0.5) is 0 Å². The summed E-state index contributed by atoms with van der Waals surface area (Å²) in [6, 6.07) is 0. The van der Waals surface area contributed by atoms with Crippen molar-refractivity contribution in [3.8, 4) is 0 Å². The second kappa shape index (κ2) is 45.4. The van der Waals surface area contributed by atoms with E-state index in [1.54, 1.807) is 0 Å². The molecule has 3 atom stereocenters. The van der Waals surface area contributed by atoms with E-state index in [9.17, 15) is 14.4 Å². The van der Waals surface area contributed by atoms with Gasteiger partial charge in [0, 0.05) is 19.3 Å². The Morgan fingerprint density at radius 2 is 0.583 bits per heavy atom. The number of unbranched alkanes of at least 4 members (excludes halogenated alkanes) is 28. The fourth-order valence-corrected chi connectivity index (χ4v) is 8.05. The highest BCUT2D eigenvalue weighted by molar-refractivity contribution is 5.71. The maximum absolute atomic E-state index is 12.8. The molecule has 0 aliphatic carbocycles. The van der Waals surface area contributed by atoms with Crippen LogP contribution in [0.1, 0.15) is 292 Å². The lowest BCUT2D eigenvalue weighted by Gasteiger charge is -2.18. The van der Waals surface area contributed by atoms with Crippen LogP contribution in [0.5, 0.6) is 0 Å². The molecule has 0 aromatic rings. The maximum Gasteiger partial charge on any atom is 0.306 e. The fraction of sp³-hybridized carbons (Fsp3) is 0.944. The molecule has 60 heavy (non-hydrogen) atoms. The molecule has 0 rings (SSSR count). The van der Waals surface area contributed by atoms with Gasteiger partial charge in [-0.05, 0) is 37.0 Å². The van der Waals surface area contributed by atoms with Crippen molar-refractivity contribution in [1.29, 1.82) is 0 Å². The molecule has 0 aliphatic rings. The lowest BCUT2D eigenvalue weighted by atomic mass is 9.99. The number of hydrogen-bond acceptors (Lipinski definition) is 6. The quantitative estimate of drug-likeness (QED) is 0.0345. The van der Waals surface area contributed by atoms with E-state index in [0.29, 0.717) is 19.3 Å². The van der Waals surface area contributed by atoms with E-state index in [0.717, 1.165) is 75.5 Å². The molecule has 0 saturated heterocycles.